The van der Waals surface area contributed by atoms with E-state index in [0.29, 0.717) is 6.54 Å². The molecule has 0 aliphatic carbocycles. The molecule has 0 aromatic heterocycles. The lowest BCUT2D eigenvalue weighted by atomic mass is 10.1. The van der Waals surface area contributed by atoms with Crippen LogP contribution in [0.2, 0.25) is 0 Å². The molecule has 90 valence electrons. The molecule has 0 atom stereocenters. The van der Waals surface area contributed by atoms with Gasteiger partial charge in [-0.05, 0) is 17.7 Å². The third kappa shape index (κ3) is 3.86. The zero-order valence-electron chi connectivity index (χ0n) is 9.98. The summed E-state index contributed by atoms with van der Waals surface area (Å²) in [6.07, 6.45) is 0. The molecule has 1 aromatic rings. The van der Waals surface area contributed by atoms with Gasteiger partial charge >= 0.3 is 0 Å². The Kier molecular flexibility index (Phi) is 4.57. The van der Waals surface area contributed by atoms with Crippen molar-refractivity contribution in [3.8, 4) is 11.8 Å². The van der Waals surface area contributed by atoms with Crippen molar-refractivity contribution in [3.63, 3.8) is 0 Å². The molecule has 3 nitrogen and oxygen atoms in total. The SMILES string of the molecule is NCC#Cc1ccc(CN2CCOCC2)cc1. The normalized spacial score (nSPS) is 16.3. The molecule has 0 amide bonds. The molecule has 3 heteroatoms. The van der Waals surface area contributed by atoms with E-state index in [1.54, 1.807) is 0 Å². The van der Waals surface area contributed by atoms with E-state index in [9.17, 15) is 0 Å². The zero-order chi connectivity index (χ0) is 11.9. The molecule has 2 rings (SSSR count). The molecule has 1 heterocycles. The minimum absolute atomic E-state index is 0.412. The van der Waals surface area contributed by atoms with Gasteiger partial charge in [-0.3, -0.25) is 4.90 Å². The van der Waals surface area contributed by atoms with Crippen LogP contribution in [0.3, 0.4) is 0 Å². The number of rotatable bonds is 2. The summed E-state index contributed by atoms with van der Waals surface area (Å²) in [6.45, 7) is 5.15. The fourth-order valence-corrected chi connectivity index (χ4v) is 1.86. The third-order valence-electron chi connectivity index (χ3n) is 2.80. The lowest BCUT2D eigenvalue weighted by Crippen LogP contribution is -2.35. The van der Waals surface area contributed by atoms with Crippen LogP contribution in [0.4, 0.5) is 0 Å². The Morgan fingerprint density at radius 3 is 2.53 bits per heavy atom. The Labute approximate surface area is 103 Å². The van der Waals surface area contributed by atoms with Crippen molar-refractivity contribution in [2.24, 2.45) is 5.73 Å². The Balaban J connectivity index is 1.93. The molecule has 2 N–H and O–H groups in total. The average molecular weight is 230 g/mol. The highest BCUT2D eigenvalue weighted by Gasteiger charge is 2.10. The molecule has 0 spiro atoms. The summed E-state index contributed by atoms with van der Waals surface area (Å²) >= 11 is 0. The van der Waals surface area contributed by atoms with Gasteiger partial charge in [0.2, 0.25) is 0 Å². The molecule has 1 fully saturated rings. The van der Waals surface area contributed by atoms with Gasteiger partial charge < -0.3 is 10.5 Å². The molecular weight excluding hydrogens is 212 g/mol. The standard InChI is InChI=1S/C14H18N2O/c15-7-1-2-13-3-5-14(6-4-13)12-16-8-10-17-11-9-16/h3-6H,7-12,15H2. The largest absolute Gasteiger partial charge is 0.379 e. The molecule has 1 aliphatic rings. The van der Waals surface area contributed by atoms with Crippen molar-refractivity contribution < 1.29 is 4.74 Å². The Hall–Kier alpha value is -1.34. The van der Waals surface area contributed by atoms with Crippen LogP contribution in [0.15, 0.2) is 24.3 Å². The number of benzene rings is 1. The molecule has 0 unspecified atom stereocenters. The average Bonchev–Trinajstić information content (AvgIpc) is 2.39. The van der Waals surface area contributed by atoms with E-state index in [0.717, 1.165) is 38.4 Å². The van der Waals surface area contributed by atoms with E-state index in [1.807, 2.05) is 0 Å². The van der Waals surface area contributed by atoms with Crippen LogP contribution in [-0.4, -0.2) is 37.7 Å². The molecule has 1 aromatic carbocycles. The quantitative estimate of drug-likeness (QED) is 0.765. The number of morpholine rings is 1. The van der Waals surface area contributed by atoms with Gasteiger partial charge in [-0.25, -0.2) is 0 Å². The molecule has 0 radical (unpaired) electrons. The van der Waals surface area contributed by atoms with Crippen LogP contribution < -0.4 is 5.73 Å². The van der Waals surface area contributed by atoms with Gasteiger partial charge in [-0.1, -0.05) is 24.0 Å². The van der Waals surface area contributed by atoms with Gasteiger partial charge in [0.1, 0.15) is 0 Å². The Bertz CT molecular complexity index is 396. The first kappa shape index (κ1) is 12.1. The lowest BCUT2D eigenvalue weighted by molar-refractivity contribution is 0.0342. The summed E-state index contributed by atoms with van der Waals surface area (Å²) in [4.78, 5) is 2.41. The maximum absolute atomic E-state index is 5.34. The Morgan fingerprint density at radius 1 is 1.18 bits per heavy atom. The minimum atomic E-state index is 0.412. The fourth-order valence-electron chi connectivity index (χ4n) is 1.86. The van der Waals surface area contributed by atoms with Gasteiger partial charge in [0, 0.05) is 25.2 Å². The van der Waals surface area contributed by atoms with Crippen LogP contribution in [0, 0.1) is 11.8 Å². The Morgan fingerprint density at radius 2 is 1.88 bits per heavy atom. The highest BCUT2D eigenvalue weighted by molar-refractivity contribution is 5.36. The van der Waals surface area contributed by atoms with Crippen molar-refractivity contribution in [2.75, 3.05) is 32.8 Å². The van der Waals surface area contributed by atoms with Gasteiger partial charge in [-0.2, -0.15) is 0 Å². The summed E-state index contributed by atoms with van der Waals surface area (Å²) in [7, 11) is 0. The molecule has 1 saturated heterocycles. The molecule has 0 bridgehead atoms. The predicted molar refractivity (Wildman–Crippen MR) is 68.5 cm³/mol. The molecular formula is C14H18N2O. The van der Waals surface area contributed by atoms with Crippen molar-refractivity contribution in [2.45, 2.75) is 6.54 Å². The molecule has 17 heavy (non-hydrogen) atoms. The van der Waals surface area contributed by atoms with Gasteiger partial charge in [0.05, 0.1) is 19.8 Å². The van der Waals surface area contributed by atoms with Crippen LogP contribution in [0.25, 0.3) is 0 Å². The summed E-state index contributed by atoms with van der Waals surface area (Å²) in [5.41, 5.74) is 7.69. The highest BCUT2D eigenvalue weighted by atomic mass is 16.5. The highest BCUT2D eigenvalue weighted by Crippen LogP contribution is 2.08. The van der Waals surface area contributed by atoms with Crippen LogP contribution >= 0.6 is 0 Å². The van der Waals surface area contributed by atoms with E-state index in [1.165, 1.54) is 5.56 Å². The van der Waals surface area contributed by atoms with Crippen molar-refractivity contribution in [1.82, 2.24) is 4.90 Å². The van der Waals surface area contributed by atoms with Crippen molar-refractivity contribution in [3.05, 3.63) is 35.4 Å². The second-order valence-corrected chi connectivity index (χ2v) is 4.09. The van der Waals surface area contributed by atoms with E-state index in [2.05, 4.69) is 41.0 Å². The number of hydrogen-bond donors (Lipinski definition) is 1. The van der Waals surface area contributed by atoms with E-state index >= 15 is 0 Å². The topological polar surface area (TPSA) is 38.5 Å². The minimum Gasteiger partial charge on any atom is -0.379 e. The smallest absolute Gasteiger partial charge is 0.0594 e. The number of ether oxygens (including phenoxy) is 1. The van der Waals surface area contributed by atoms with Gasteiger partial charge in [0.15, 0.2) is 0 Å². The monoisotopic (exact) mass is 230 g/mol. The molecule has 1 aliphatic heterocycles. The first-order valence-corrected chi connectivity index (χ1v) is 5.96. The first-order chi connectivity index (χ1) is 8.38. The van der Waals surface area contributed by atoms with Crippen LogP contribution in [0.1, 0.15) is 11.1 Å². The predicted octanol–water partition coefficient (Wildman–Crippen LogP) is 0.829. The van der Waals surface area contributed by atoms with Crippen LogP contribution in [-0.2, 0) is 11.3 Å². The van der Waals surface area contributed by atoms with Gasteiger partial charge in [-0.15, -0.1) is 0 Å². The zero-order valence-corrected chi connectivity index (χ0v) is 9.98. The third-order valence-corrected chi connectivity index (χ3v) is 2.80. The summed E-state index contributed by atoms with van der Waals surface area (Å²) in [5, 5.41) is 0. The molecule has 0 saturated carbocycles. The maximum Gasteiger partial charge on any atom is 0.0594 e. The summed E-state index contributed by atoms with van der Waals surface area (Å²) in [5.74, 6) is 5.88. The summed E-state index contributed by atoms with van der Waals surface area (Å²) < 4.78 is 5.33. The second kappa shape index (κ2) is 6.41. The van der Waals surface area contributed by atoms with Crippen molar-refractivity contribution >= 4 is 0 Å². The van der Waals surface area contributed by atoms with E-state index in [4.69, 9.17) is 10.5 Å². The number of hydrogen-bond acceptors (Lipinski definition) is 3. The fraction of sp³-hybridized carbons (Fsp3) is 0.429. The van der Waals surface area contributed by atoms with E-state index in [-0.39, 0.29) is 0 Å². The van der Waals surface area contributed by atoms with Crippen molar-refractivity contribution in [1.29, 1.82) is 0 Å². The summed E-state index contributed by atoms with van der Waals surface area (Å²) in [6, 6.07) is 8.38. The second-order valence-electron chi connectivity index (χ2n) is 4.09. The van der Waals surface area contributed by atoms with Crippen LogP contribution in [0.5, 0.6) is 0 Å². The van der Waals surface area contributed by atoms with E-state index < -0.39 is 0 Å². The van der Waals surface area contributed by atoms with Gasteiger partial charge in [0.25, 0.3) is 0 Å². The number of nitrogens with zero attached hydrogens (tertiary/aromatic N) is 1. The first-order valence-electron chi connectivity index (χ1n) is 5.96. The lowest BCUT2D eigenvalue weighted by Gasteiger charge is -2.26. The number of nitrogens with two attached hydrogens (primary N) is 1. The maximum atomic E-state index is 5.34.